The van der Waals surface area contributed by atoms with Gasteiger partial charge in [0.2, 0.25) is 0 Å². The van der Waals surface area contributed by atoms with E-state index < -0.39 is 10.0 Å². The molecule has 0 unspecified atom stereocenters. The Kier molecular flexibility index (Phi) is 4.97. The molecule has 0 saturated carbocycles. The Labute approximate surface area is 193 Å². The predicted octanol–water partition coefficient (Wildman–Crippen LogP) is 4.12. The summed E-state index contributed by atoms with van der Waals surface area (Å²) in [5, 5.41) is 4.85. The minimum absolute atomic E-state index is 0.0170. The first-order valence-electron chi connectivity index (χ1n) is 11.0. The highest BCUT2D eigenvalue weighted by atomic mass is 32.2. The van der Waals surface area contributed by atoms with Crippen LogP contribution in [0.15, 0.2) is 47.8 Å². The van der Waals surface area contributed by atoms with Crippen LogP contribution in [0, 0.1) is 6.92 Å². The van der Waals surface area contributed by atoms with Gasteiger partial charge in [-0.1, -0.05) is 12.1 Å². The van der Waals surface area contributed by atoms with E-state index in [1.807, 2.05) is 6.92 Å². The number of nitrogens with zero attached hydrogens (tertiary/aromatic N) is 5. The second-order valence-electron chi connectivity index (χ2n) is 9.00. The summed E-state index contributed by atoms with van der Waals surface area (Å²) in [6.45, 7) is 7.07. The Morgan fingerprint density at radius 3 is 2.61 bits per heavy atom. The van der Waals surface area contributed by atoms with Crippen LogP contribution in [0.5, 0.6) is 0 Å². The van der Waals surface area contributed by atoms with Crippen LogP contribution >= 0.6 is 0 Å². The number of anilines is 2. The van der Waals surface area contributed by atoms with Crippen molar-refractivity contribution < 1.29 is 8.42 Å². The Balaban J connectivity index is 1.73. The molecule has 9 heteroatoms. The summed E-state index contributed by atoms with van der Waals surface area (Å²) in [5.74, 6) is 0. The maximum Gasteiger partial charge on any atom is 0.281 e. The van der Waals surface area contributed by atoms with Crippen LogP contribution in [0.1, 0.15) is 31.1 Å². The van der Waals surface area contributed by atoms with Crippen molar-refractivity contribution >= 4 is 32.4 Å². The summed E-state index contributed by atoms with van der Waals surface area (Å²) in [6, 6.07) is 9.92. The van der Waals surface area contributed by atoms with E-state index in [1.165, 1.54) is 22.0 Å². The molecule has 0 spiro atoms. The molecule has 0 bridgehead atoms. The molecular formula is C24H28N6O2S. The largest absolute Gasteiger partial charge is 0.374 e. The Morgan fingerprint density at radius 2 is 1.91 bits per heavy atom. The molecule has 3 aromatic heterocycles. The molecule has 1 aliphatic rings. The molecule has 0 amide bonds. The first kappa shape index (κ1) is 21.5. The molecule has 5 rings (SSSR count). The third kappa shape index (κ3) is 3.66. The van der Waals surface area contributed by atoms with Crippen molar-refractivity contribution in [3.05, 3.63) is 54.0 Å². The van der Waals surface area contributed by atoms with E-state index in [4.69, 9.17) is 4.98 Å². The van der Waals surface area contributed by atoms with E-state index >= 15 is 0 Å². The van der Waals surface area contributed by atoms with Gasteiger partial charge in [-0.15, -0.1) is 0 Å². The topological polar surface area (TPSA) is 85.0 Å². The van der Waals surface area contributed by atoms with E-state index in [0.717, 1.165) is 40.8 Å². The maximum absolute atomic E-state index is 13.1. The third-order valence-electron chi connectivity index (χ3n) is 6.20. The van der Waals surface area contributed by atoms with Crippen LogP contribution < -0.4 is 9.62 Å². The van der Waals surface area contributed by atoms with Crippen LogP contribution in [0.25, 0.3) is 22.2 Å². The van der Waals surface area contributed by atoms with E-state index in [0.29, 0.717) is 5.69 Å². The van der Waals surface area contributed by atoms with E-state index in [-0.39, 0.29) is 11.1 Å². The highest BCUT2D eigenvalue weighted by Gasteiger charge is 2.24. The fraction of sp³-hybridized carbons (Fsp3) is 0.333. The summed E-state index contributed by atoms with van der Waals surface area (Å²) < 4.78 is 32.6. The fourth-order valence-corrected chi connectivity index (χ4v) is 5.54. The van der Waals surface area contributed by atoms with Gasteiger partial charge < -0.3 is 9.47 Å². The molecule has 0 atom stereocenters. The van der Waals surface area contributed by atoms with Gasteiger partial charge in [-0.2, -0.15) is 13.5 Å². The minimum Gasteiger partial charge on any atom is -0.374 e. The number of fused-ring (bicyclic) bond motifs is 2. The average Bonchev–Trinajstić information content (AvgIpc) is 3.45. The van der Waals surface area contributed by atoms with Gasteiger partial charge in [-0.05, 0) is 56.5 Å². The number of nitrogens with one attached hydrogen (secondary N) is 1. The number of likely N-dealkylation sites (N-methyl/N-ethyl adjacent to an activating group) is 1. The molecular weight excluding hydrogens is 436 g/mol. The van der Waals surface area contributed by atoms with Gasteiger partial charge in [-0.3, -0.25) is 9.40 Å². The lowest BCUT2D eigenvalue weighted by atomic mass is 10.0. The Morgan fingerprint density at radius 1 is 1.12 bits per heavy atom. The van der Waals surface area contributed by atoms with Crippen molar-refractivity contribution in [2.45, 2.75) is 38.3 Å². The van der Waals surface area contributed by atoms with Gasteiger partial charge in [0.05, 0.1) is 11.1 Å². The molecule has 4 heterocycles. The maximum atomic E-state index is 13.1. The number of benzene rings is 1. The second kappa shape index (κ2) is 7.62. The zero-order valence-corrected chi connectivity index (χ0v) is 20.3. The van der Waals surface area contributed by atoms with Gasteiger partial charge in [0.25, 0.3) is 10.0 Å². The van der Waals surface area contributed by atoms with E-state index in [9.17, 15) is 8.42 Å². The summed E-state index contributed by atoms with van der Waals surface area (Å²) in [7, 11) is -0.0607. The van der Waals surface area contributed by atoms with Crippen molar-refractivity contribution in [3.8, 4) is 11.1 Å². The van der Waals surface area contributed by atoms with Gasteiger partial charge in [0, 0.05) is 56.0 Å². The molecule has 0 saturated heterocycles. The smallest absolute Gasteiger partial charge is 0.281 e. The monoisotopic (exact) mass is 464 g/mol. The first-order valence-corrected chi connectivity index (χ1v) is 12.5. The minimum atomic E-state index is -3.86. The highest BCUT2D eigenvalue weighted by molar-refractivity contribution is 7.92. The van der Waals surface area contributed by atoms with Crippen LogP contribution in [-0.2, 0) is 23.5 Å². The molecule has 172 valence electrons. The molecule has 33 heavy (non-hydrogen) atoms. The lowest BCUT2D eigenvalue weighted by Gasteiger charge is -2.14. The highest BCUT2D eigenvalue weighted by Crippen LogP contribution is 2.40. The molecule has 1 aromatic carbocycles. The third-order valence-corrected chi connectivity index (χ3v) is 7.46. The van der Waals surface area contributed by atoms with Gasteiger partial charge in [0.1, 0.15) is 5.65 Å². The van der Waals surface area contributed by atoms with Crippen LogP contribution in [0.3, 0.4) is 0 Å². The first-order chi connectivity index (χ1) is 15.6. The van der Waals surface area contributed by atoms with Crippen LogP contribution in [-0.4, -0.2) is 41.3 Å². The number of pyridine rings is 1. The van der Waals surface area contributed by atoms with Crippen molar-refractivity contribution in [1.82, 2.24) is 19.3 Å². The van der Waals surface area contributed by atoms with Gasteiger partial charge in [-0.25, -0.2) is 4.98 Å². The van der Waals surface area contributed by atoms with E-state index in [1.54, 1.807) is 19.3 Å². The second-order valence-corrected chi connectivity index (χ2v) is 10.6. The number of rotatable bonds is 5. The summed E-state index contributed by atoms with van der Waals surface area (Å²) in [6.07, 6.45) is 4.73. The number of hydrogen-bond donors (Lipinski definition) is 1. The molecule has 0 aliphatic carbocycles. The van der Waals surface area contributed by atoms with Gasteiger partial charge in [0.15, 0.2) is 5.03 Å². The molecule has 4 aromatic rings. The Hall–Kier alpha value is -3.33. The zero-order valence-electron chi connectivity index (χ0n) is 19.5. The summed E-state index contributed by atoms with van der Waals surface area (Å²) in [5.41, 5.74) is 6.54. The summed E-state index contributed by atoms with van der Waals surface area (Å²) in [4.78, 5) is 7.05. The number of aromatic nitrogens is 4. The standard InChI is InChI=1S/C24H28N6O2S/c1-15(2)30-14-19(18-7-6-17-8-10-28(4)21(17)13-18)23-20(12-16(3)25-24(23)30)27-33(31,32)22-9-11-29(5)26-22/h6-7,9,11-15H,8,10H2,1-5H3,(H,25,27). The fourth-order valence-electron chi connectivity index (χ4n) is 4.51. The average molecular weight is 465 g/mol. The lowest BCUT2D eigenvalue weighted by Crippen LogP contribution is -2.15. The van der Waals surface area contributed by atoms with Crippen LogP contribution in [0.2, 0.25) is 0 Å². The number of sulfonamides is 1. The molecule has 0 radical (unpaired) electrons. The number of hydrogen-bond acceptors (Lipinski definition) is 5. The molecule has 1 aliphatic heterocycles. The van der Waals surface area contributed by atoms with Gasteiger partial charge >= 0.3 is 0 Å². The van der Waals surface area contributed by atoms with Crippen molar-refractivity contribution in [3.63, 3.8) is 0 Å². The Bertz CT molecular complexity index is 1480. The lowest BCUT2D eigenvalue weighted by molar-refractivity contribution is 0.593. The van der Waals surface area contributed by atoms with Crippen molar-refractivity contribution in [1.29, 1.82) is 0 Å². The van der Waals surface area contributed by atoms with Crippen LogP contribution in [0.4, 0.5) is 11.4 Å². The molecule has 0 fully saturated rings. The van der Waals surface area contributed by atoms with Crippen molar-refractivity contribution in [2.75, 3.05) is 23.2 Å². The summed E-state index contributed by atoms with van der Waals surface area (Å²) >= 11 is 0. The molecule has 1 N–H and O–H groups in total. The normalized spacial score (nSPS) is 13.8. The SMILES string of the molecule is Cc1cc(NS(=O)(=O)c2ccn(C)n2)c2c(-c3ccc4c(c3)N(C)CC4)cn(C(C)C)c2n1. The van der Waals surface area contributed by atoms with E-state index in [2.05, 4.69) is 64.6 Å². The zero-order chi connectivity index (χ0) is 23.5. The quantitative estimate of drug-likeness (QED) is 0.480. The predicted molar refractivity (Wildman–Crippen MR) is 131 cm³/mol. The molecule has 8 nitrogen and oxygen atoms in total. The number of aryl methyl sites for hydroxylation is 2. The van der Waals surface area contributed by atoms with Crippen molar-refractivity contribution in [2.24, 2.45) is 7.05 Å².